The molecule has 1 aliphatic rings. The Morgan fingerprint density at radius 1 is 0.907 bits per heavy atom. The third-order valence-corrected chi connectivity index (χ3v) is 8.43. The third-order valence-electron chi connectivity index (χ3n) is 6.93. The molecule has 1 aliphatic heterocycles. The first-order chi connectivity index (χ1) is 20.8. The van der Waals surface area contributed by atoms with Crippen LogP contribution in [0.4, 0.5) is 5.13 Å². The van der Waals surface area contributed by atoms with E-state index >= 15 is 0 Å². The van der Waals surface area contributed by atoms with Gasteiger partial charge >= 0.3 is 5.91 Å². The summed E-state index contributed by atoms with van der Waals surface area (Å²) in [6, 6.07) is 25.6. The number of hydrogen-bond donors (Lipinski definition) is 1. The zero-order valence-corrected chi connectivity index (χ0v) is 25.1. The number of ketones is 1. The molecule has 0 aliphatic carbocycles. The Labute approximate surface area is 261 Å². The van der Waals surface area contributed by atoms with Crippen molar-refractivity contribution < 1.29 is 24.2 Å². The number of hydrogen-bond acceptors (Lipinski definition) is 7. The Bertz CT molecular complexity index is 1870. The van der Waals surface area contributed by atoms with E-state index in [1.54, 1.807) is 60.7 Å². The van der Waals surface area contributed by atoms with Crippen LogP contribution in [0.5, 0.6) is 11.5 Å². The molecule has 1 saturated heterocycles. The molecule has 6 rings (SSSR count). The maximum Gasteiger partial charge on any atom is 0.301 e. The van der Waals surface area contributed by atoms with Crippen LogP contribution in [0.15, 0.2) is 96.6 Å². The first kappa shape index (κ1) is 28.7. The first-order valence-electron chi connectivity index (χ1n) is 13.4. The Balaban J connectivity index is 1.49. The molecule has 216 valence electrons. The van der Waals surface area contributed by atoms with E-state index in [2.05, 4.69) is 4.98 Å². The van der Waals surface area contributed by atoms with Gasteiger partial charge in [0.15, 0.2) is 16.6 Å². The third kappa shape index (κ3) is 5.69. The van der Waals surface area contributed by atoms with Crippen LogP contribution in [0.1, 0.15) is 29.7 Å². The Hall–Kier alpha value is -4.37. The van der Waals surface area contributed by atoms with Crippen molar-refractivity contribution in [3.8, 4) is 11.5 Å². The van der Waals surface area contributed by atoms with E-state index in [4.69, 9.17) is 32.7 Å². The molecular weight excluding hydrogens is 607 g/mol. The summed E-state index contributed by atoms with van der Waals surface area (Å²) in [6.07, 6.45) is 0. The largest absolute Gasteiger partial charge is 0.507 e. The number of aromatic nitrogens is 1. The number of carbonyl (C=O) groups is 2. The number of aliphatic hydroxyl groups excluding tert-OH is 1. The highest BCUT2D eigenvalue weighted by molar-refractivity contribution is 7.22. The maximum atomic E-state index is 13.7. The van der Waals surface area contributed by atoms with Gasteiger partial charge in [0, 0.05) is 15.6 Å². The Morgan fingerprint density at radius 3 is 2.40 bits per heavy atom. The SMILES string of the molecule is CCOc1cc(C2C(=C(O)c3ccc(Cl)cc3)C(=O)C(=O)N2c2nc3ccc(Cl)cc3s2)ccc1OCc1ccccc1. The van der Waals surface area contributed by atoms with Crippen molar-refractivity contribution >= 4 is 67.3 Å². The van der Waals surface area contributed by atoms with Crippen molar-refractivity contribution in [1.82, 2.24) is 4.98 Å². The van der Waals surface area contributed by atoms with Crippen molar-refractivity contribution in [3.05, 3.63) is 123 Å². The van der Waals surface area contributed by atoms with Crippen LogP contribution in [0.2, 0.25) is 10.0 Å². The molecule has 10 heteroatoms. The summed E-state index contributed by atoms with van der Waals surface area (Å²) < 4.78 is 12.8. The van der Waals surface area contributed by atoms with E-state index in [0.717, 1.165) is 10.3 Å². The molecule has 5 aromatic rings. The molecule has 0 bridgehead atoms. The topological polar surface area (TPSA) is 89.0 Å². The fourth-order valence-corrected chi connectivity index (χ4v) is 6.31. The van der Waals surface area contributed by atoms with Gasteiger partial charge in [-0.15, -0.1) is 0 Å². The monoisotopic (exact) mass is 630 g/mol. The molecule has 43 heavy (non-hydrogen) atoms. The fourth-order valence-electron chi connectivity index (χ4n) is 4.92. The smallest absolute Gasteiger partial charge is 0.301 e. The number of carbonyl (C=O) groups excluding carboxylic acids is 2. The molecule has 2 heterocycles. The van der Waals surface area contributed by atoms with E-state index in [1.807, 2.05) is 37.3 Å². The lowest BCUT2D eigenvalue weighted by Crippen LogP contribution is -2.29. The summed E-state index contributed by atoms with van der Waals surface area (Å²) in [7, 11) is 0. The Kier molecular flexibility index (Phi) is 8.08. The molecule has 1 amide bonds. The average Bonchev–Trinajstić information content (AvgIpc) is 3.54. The highest BCUT2D eigenvalue weighted by atomic mass is 35.5. The van der Waals surface area contributed by atoms with Crippen LogP contribution in [0.25, 0.3) is 16.0 Å². The number of aliphatic hydroxyl groups is 1. The van der Waals surface area contributed by atoms with Gasteiger partial charge in [0.1, 0.15) is 12.4 Å². The molecule has 0 saturated carbocycles. The number of nitrogens with zero attached hydrogens (tertiary/aromatic N) is 2. The standard InChI is InChI=1S/C33H24Cl2N2O5S/c1-2-41-26-16-21(10-15-25(26)42-18-19-6-4-3-5-7-19)29-28(30(38)20-8-11-22(34)12-9-20)31(39)32(40)37(29)33-36-24-14-13-23(35)17-27(24)43-33/h3-17,29,38H,2,18H2,1H3. The van der Waals surface area contributed by atoms with Gasteiger partial charge in [0.05, 0.1) is 28.4 Å². The molecule has 7 nitrogen and oxygen atoms in total. The van der Waals surface area contributed by atoms with Gasteiger partial charge in [0.2, 0.25) is 0 Å². The van der Waals surface area contributed by atoms with Crippen LogP contribution in [0, 0.1) is 0 Å². The second kappa shape index (κ2) is 12.1. The number of ether oxygens (including phenoxy) is 2. The van der Waals surface area contributed by atoms with Gasteiger partial charge in [-0.1, -0.05) is 70.9 Å². The highest BCUT2D eigenvalue weighted by Gasteiger charge is 2.48. The molecule has 1 N–H and O–H groups in total. The molecular formula is C33H24Cl2N2O5S. The molecule has 1 fully saturated rings. The van der Waals surface area contributed by atoms with Crippen molar-refractivity contribution in [2.75, 3.05) is 11.5 Å². The minimum atomic E-state index is -1.01. The van der Waals surface area contributed by atoms with E-state index in [1.165, 1.54) is 16.2 Å². The van der Waals surface area contributed by atoms with Crippen molar-refractivity contribution in [1.29, 1.82) is 0 Å². The normalized spacial score (nSPS) is 16.2. The molecule has 4 aromatic carbocycles. The van der Waals surface area contributed by atoms with Gasteiger partial charge in [-0.25, -0.2) is 4.98 Å². The number of halogens is 2. The van der Waals surface area contributed by atoms with E-state index in [-0.39, 0.29) is 11.3 Å². The highest BCUT2D eigenvalue weighted by Crippen LogP contribution is 2.46. The number of fused-ring (bicyclic) bond motifs is 1. The lowest BCUT2D eigenvalue weighted by molar-refractivity contribution is -0.132. The lowest BCUT2D eigenvalue weighted by atomic mass is 9.95. The summed E-state index contributed by atoms with van der Waals surface area (Å²) in [5.41, 5.74) is 2.41. The van der Waals surface area contributed by atoms with Crippen LogP contribution in [-0.2, 0) is 16.2 Å². The van der Waals surface area contributed by atoms with E-state index < -0.39 is 17.7 Å². The molecule has 0 radical (unpaired) electrons. The zero-order valence-electron chi connectivity index (χ0n) is 22.8. The van der Waals surface area contributed by atoms with Crippen LogP contribution < -0.4 is 14.4 Å². The van der Waals surface area contributed by atoms with Crippen LogP contribution >= 0.6 is 34.5 Å². The number of rotatable bonds is 8. The van der Waals surface area contributed by atoms with Gasteiger partial charge in [0.25, 0.3) is 5.78 Å². The van der Waals surface area contributed by atoms with Gasteiger partial charge < -0.3 is 14.6 Å². The summed E-state index contributed by atoms with van der Waals surface area (Å²) >= 11 is 13.5. The number of amides is 1. The quantitative estimate of drug-likeness (QED) is 0.106. The number of thiazole rings is 1. The zero-order chi connectivity index (χ0) is 30.1. The fraction of sp³-hybridized carbons (Fsp3) is 0.121. The van der Waals surface area contributed by atoms with Crippen LogP contribution in [-0.4, -0.2) is 28.4 Å². The second-order valence-corrected chi connectivity index (χ2v) is 11.6. The maximum absolute atomic E-state index is 13.7. The van der Waals surface area contributed by atoms with Gasteiger partial charge in [-0.3, -0.25) is 14.5 Å². The Morgan fingerprint density at radius 2 is 1.65 bits per heavy atom. The number of anilines is 1. The van der Waals surface area contributed by atoms with Gasteiger partial charge in [-0.05, 0) is 72.6 Å². The number of benzene rings is 4. The minimum absolute atomic E-state index is 0.0787. The minimum Gasteiger partial charge on any atom is -0.507 e. The lowest BCUT2D eigenvalue weighted by Gasteiger charge is -2.24. The number of Topliss-reactive ketones (excluding diaryl/α,β-unsaturated/α-hetero) is 1. The van der Waals surface area contributed by atoms with Crippen molar-refractivity contribution in [3.63, 3.8) is 0 Å². The predicted octanol–water partition coefficient (Wildman–Crippen LogP) is 8.21. The summed E-state index contributed by atoms with van der Waals surface area (Å²) in [5, 5.41) is 12.7. The van der Waals surface area contributed by atoms with Gasteiger partial charge in [-0.2, -0.15) is 0 Å². The summed E-state index contributed by atoms with van der Waals surface area (Å²) in [4.78, 5) is 33.3. The average molecular weight is 632 g/mol. The predicted molar refractivity (Wildman–Crippen MR) is 169 cm³/mol. The molecule has 0 spiro atoms. The van der Waals surface area contributed by atoms with E-state index in [0.29, 0.717) is 56.5 Å². The molecule has 1 aromatic heterocycles. The van der Waals surface area contributed by atoms with Crippen LogP contribution in [0.3, 0.4) is 0 Å². The van der Waals surface area contributed by atoms with E-state index in [9.17, 15) is 14.7 Å². The molecule has 1 unspecified atom stereocenters. The first-order valence-corrected chi connectivity index (χ1v) is 15.0. The second-order valence-electron chi connectivity index (χ2n) is 9.70. The van der Waals surface area contributed by atoms with Crippen molar-refractivity contribution in [2.24, 2.45) is 0 Å². The van der Waals surface area contributed by atoms with Crippen molar-refractivity contribution in [2.45, 2.75) is 19.6 Å². The summed E-state index contributed by atoms with van der Waals surface area (Å²) in [5.74, 6) is -1.04. The molecule has 1 atom stereocenters. The summed E-state index contributed by atoms with van der Waals surface area (Å²) in [6.45, 7) is 2.53.